The minimum Gasteiger partial charge on any atom is -0.460 e. The minimum atomic E-state index is -0.287. The Kier molecular flexibility index (Phi) is 7.32. The summed E-state index contributed by atoms with van der Waals surface area (Å²) in [7, 11) is 0. The lowest BCUT2D eigenvalue weighted by atomic mass is 9.91. The molecule has 0 bridgehead atoms. The van der Waals surface area contributed by atoms with Crippen LogP contribution in [0.4, 0.5) is 42.9 Å². The van der Waals surface area contributed by atoms with E-state index in [1.807, 2.05) is 72.8 Å². The molecular formula is C50H32F2N2O2. The second kappa shape index (κ2) is 12.7. The van der Waals surface area contributed by atoms with E-state index in [1.54, 1.807) is 24.3 Å². The third-order valence-electron chi connectivity index (χ3n) is 10.9. The lowest BCUT2D eigenvalue weighted by molar-refractivity contribution is 0.537. The predicted octanol–water partition coefficient (Wildman–Crippen LogP) is 14.5. The van der Waals surface area contributed by atoms with Crippen molar-refractivity contribution in [2.45, 2.75) is 12.8 Å². The number of anilines is 6. The van der Waals surface area contributed by atoms with Gasteiger partial charge in [-0.3, -0.25) is 0 Å². The molecule has 10 aromatic rings. The van der Waals surface area contributed by atoms with Crippen molar-refractivity contribution in [1.82, 2.24) is 0 Å². The molecule has 1 aliphatic rings. The van der Waals surface area contributed by atoms with Crippen LogP contribution in [-0.2, 0) is 12.8 Å². The first-order valence-corrected chi connectivity index (χ1v) is 18.7. The number of aryl methyl sites for hydroxylation is 2. The quantitative estimate of drug-likeness (QED) is 0.171. The zero-order chi connectivity index (χ0) is 37.3. The van der Waals surface area contributed by atoms with Crippen LogP contribution in [0.2, 0.25) is 0 Å². The van der Waals surface area contributed by atoms with Gasteiger partial charge in [0, 0.05) is 56.9 Å². The highest BCUT2D eigenvalue weighted by molar-refractivity contribution is 6.08. The molecule has 0 unspecified atom stereocenters. The number of nitrogens with zero attached hydrogens (tertiary/aromatic N) is 2. The Morgan fingerprint density at radius 1 is 0.393 bits per heavy atom. The first-order chi connectivity index (χ1) is 27.5. The Morgan fingerprint density at radius 2 is 0.893 bits per heavy atom. The van der Waals surface area contributed by atoms with Crippen molar-refractivity contribution >= 4 is 77.6 Å². The molecule has 1 aliphatic carbocycles. The van der Waals surface area contributed by atoms with Gasteiger partial charge in [0.2, 0.25) is 0 Å². The molecule has 0 saturated heterocycles. The third kappa shape index (κ3) is 5.33. The molecule has 0 saturated carbocycles. The summed E-state index contributed by atoms with van der Waals surface area (Å²) in [4.78, 5) is 4.13. The number of para-hydroxylation sites is 2. The summed E-state index contributed by atoms with van der Waals surface area (Å²) in [5, 5.41) is 6.35. The van der Waals surface area contributed by atoms with Crippen molar-refractivity contribution in [3.63, 3.8) is 0 Å². The van der Waals surface area contributed by atoms with Crippen LogP contribution in [-0.4, -0.2) is 0 Å². The molecule has 4 nitrogen and oxygen atoms in total. The summed E-state index contributed by atoms with van der Waals surface area (Å²) in [6.45, 7) is 0. The van der Waals surface area contributed by atoms with Crippen LogP contribution in [0.25, 0.3) is 54.8 Å². The molecule has 2 heterocycles. The highest BCUT2D eigenvalue weighted by Crippen LogP contribution is 2.47. The van der Waals surface area contributed by atoms with E-state index in [0.717, 1.165) is 108 Å². The van der Waals surface area contributed by atoms with Crippen molar-refractivity contribution in [3.8, 4) is 11.3 Å². The average molecular weight is 731 g/mol. The largest absolute Gasteiger partial charge is 0.460 e. The molecule has 2 aromatic heterocycles. The fraction of sp³-hybridized carbons (Fsp3) is 0.0400. The summed E-state index contributed by atoms with van der Waals surface area (Å²) in [5.74, 6) is 1.21. The van der Waals surface area contributed by atoms with E-state index in [2.05, 4.69) is 70.5 Å². The summed E-state index contributed by atoms with van der Waals surface area (Å²) < 4.78 is 42.3. The van der Waals surface area contributed by atoms with Gasteiger partial charge in [0.25, 0.3) is 0 Å². The number of rotatable bonds is 6. The van der Waals surface area contributed by atoms with E-state index in [-0.39, 0.29) is 11.6 Å². The molecule has 0 fully saturated rings. The Hall–Kier alpha value is -7.18. The molecule has 0 amide bonds. The Balaban J connectivity index is 1.01. The second-order valence-electron chi connectivity index (χ2n) is 14.4. The van der Waals surface area contributed by atoms with Crippen LogP contribution < -0.4 is 9.80 Å². The first-order valence-electron chi connectivity index (χ1n) is 18.7. The lowest BCUT2D eigenvalue weighted by Gasteiger charge is -2.25. The Bertz CT molecular complexity index is 3130. The number of hydrogen-bond acceptors (Lipinski definition) is 4. The first kappa shape index (κ1) is 32.3. The van der Waals surface area contributed by atoms with Crippen LogP contribution >= 0.6 is 0 Å². The SMILES string of the molecule is Fc1cccc(N(c2ccccc2)c2ccc3cc4c5c(oc4cc3c2)-c2c(oc3cc4cc(N(c6ccccc6)c6cccc(F)c6)ccc4cc23)CC5)c1. The number of furan rings is 2. The molecule has 56 heavy (non-hydrogen) atoms. The van der Waals surface area contributed by atoms with Gasteiger partial charge < -0.3 is 18.6 Å². The normalized spacial score (nSPS) is 12.3. The maximum Gasteiger partial charge on any atom is 0.142 e. The van der Waals surface area contributed by atoms with Gasteiger partial charge in [0.1, 0.15) is 34.3 Å². The van der Waals surface area contributed by atoms with E-state index < -0.39 is 0 Å². The van der Waals surface area contributed by atoms with Gasteiger partial charge in [-0.1, -0.05) is 60.7 Å². The Morgan fingerprint density at radius 3 is 1.45 bits per heavy atom. The summed E-state index contributed by atoms with van der Waals surface area (Å²) >= 11 is 0. The zero-order valence-electron chi connectivity index (χ0n) is 30.0. The van der Waals surface area contributed by atoms with Crippen molar-refractivity contribution in [2.75, 3.05) is 9.80 Å². The maximum atomic E-state index is 14.5. The average Bonchev–Trinajstić information content (AvgIpc) is 3.77. The van der Waals surface area contributed by atoms with E-state index in [0.29, 0.717) is 0 Å². The predicted molar refractivity (Wildman–Crippen MR) is 223 cm³/mol. The summed E-state index contributed by atoms with van der Waals surface area (Å²) in [5.41, 5.74) is 9.04. The van der Waals surface area contributed by atoms with Crippen molar-refractivity contribution in [1.29, 1.82) is 0 Å². The topological polar surface area (TPSA) is 32.8 Å². The van der Waals surface area contributed by atoms with E-state index >= 15 is 0 Å². The van der Waals surface area contributed by atoms with Crippen molar-refractivity contribution < 1.29 is 17.6 Å². The van der Waals surface area contributed by atoms with Gasteiger partial charge >= 0.3 is 0 Å². The van der Waals surface area contributed by atoms with Crippen molar-refractivity contribution in [3.05, 3.63) is 193 Å². The molecule has 0 atom stereocenters. The molecule has 268 valence electrons. The minimum absolute atomic E-state index is 0.286. The van der Waals surface area contributed by atoms with Crippen molar-refractivity contribution in [2.24, 2.45) is 0 Å². The summed E-state index contributed by atoms with van der Waals surface area (Å²) in [6.07, 6.45) is 1.58. The van der Waals surface area contributed by atoms with E-state index in [4.69, 9.17) is 8.83 Å². The fourth-order valence-corrected chi connectivity index (χ4v) is 8.43. The number of benzene rings is 8. The van der Waals surface area contributed by atoms with Crippen LogP contribution in [0, 0.1) is 11.6 Å². The lowest BCUT2D eigenvalue weighted by Crippen LogP contribution is -2.09. The van der Waals surface area contributed by atoms with Crippen LogP contribution in [0.1, 0.15) is 11.3 Å². The standard InChI is InChI=1S/C50H32F2N2O2/c51-35-9-7-15-39(29-35)53(37-11-3-1-4-12-37)41-19-17-31-25-44-43-21-22-46-49(50(43)56-47(44)27-33(31)23-41)45-26-32-18-20-42(24-34(32)28-48(45)55-46)54(38-13-5-2-6-14-38)40-16-8-10-36(52)30-40/h1-20,23-30H,21-22H2. The number of hydrogen-bond donors (Lipinski definition) is 0. The highest BCUT2D eigenvalue weighted by Gasteiger charge is 2.29. The Labute approximate surface area is 321 Å². The molecule has 6 heteroatoms. The van der Waals surface area contributed by atoms with Crippen LogP contribution in [0.15, 0.2) is 179 Å². The highest BCUT2D eigenvalue weighted by atomic mass is 19.1. The molecule has 0 N–H and O–H groups in total. The van der Waals surface area contributed by atoms with E-state index in [9.17, 15) is 8.78 Å². The van der Waals surface area contributed by atoms with Gasteiger partial charge in [-0.2, -0.15) is 0 Å². The van der Waals surface area contributed by atoms with Gasteiger partial charge in [-0.05, 0) is 137 Å². The molecule has 0 radical (unpaired) electrons. The van der Waals surface area contributed by atoms with Crippen LogP contribution in [0.5, 0.6) is 0 Å². The maximum absolute atomic E-state index is 14.5. The molecule has 8 aromatic carbocycles. The smallest absolute Gasteiger partial charge is 0.142 e. The van der Waals surface area contributed by atoms with Gasteiger partial charge in [-0.15, -0.1) is 0 Å². The molecule has 0 spiro atoms. The zero-order valence-corrected chi connectivity index (χ0v) is 30.0. The fourth-order valence-electron chi connectivity index (χ4n) is 8.43. The number of fused-ring (bicyclic) bond motifs is 9. The third-order valence-corrected chi connectivity index (χ3v) is 10.9. The van der Waals surface area contributed by atoms with E-state index in [1.165, 1.54) is 17.7 Å². The molecule has 11 rings (SSSR count). The van der Waals surface area contributed by atoms with Crippen LogP contribution in [0.3, 0.4) is 0 Å². The number of halogens is 2. The van der Waals surface area contributed by atoms with Gasteiger partial charge in [0.05, 0.1) is 5.56 Å². The second-order valence-corrected chi connectivity index (χ2v) is 14.4. The monoisotopic (exact) mass is 730 g/mol. The van der Waals surface area contributed by atoms with Gasteiger partial charge in [0.15, 0.2) is 0 Å². The molecular weight excluding hydrogens is 699 g/mol. The molecule has 0 aliphatic heterocycles. The van der Waals surface area contributed by atoms with Gasteiger partial charge in [-0.25, -0.2) is 8.78 Å². The summed E-state index contributed by atoms with van der Waals surface area (Å²) in [6, 6.07) is 54.7.